The summed E-state index contributed by atoms with van der Waals surface area (Å²) < 4.78 is 10.7. The maximum atomic E-state index is 13.4. The van der Waals surface area contributed by atoms with Crippen molar-refractivity contribution in [2.75, 3.05) is 24.8 Å². The van der Waals surface area contributed by atoms with Crippen LogP contribution in [0.5, 0.6) is 5.75 Å². The monoisotopic (exact) mass is 559 g/mol. The lowest BCUT2D eigenvalue weighted by Crippen LogP contribution is -2.30. The second-order valence-corrected chi connectivity index (χ2v) is 9.77. The van der Waals surface area contributed by atoms with Crippen LogP contribution in [-0.4, -0.2) is 31.3 Å². The fourth-order valence-electron chi connectivity index (χ4n) is 4.21. The predicted octanol–water partition coefficient (Wildman–Crippen LogP) is 6.12. The van der Waals surface area contributed by atoms with E-state index in [4.69, 9.17) is 21.1 Å². The molecular formula is C30H26ClN3O4S. The highest BCUT2D eigenvalue weighted by Gasteiger charge is 2.38. The number of nitrogens with one attached hydrogen (secondary N) is 2. The SMILES string of the molecule is CCOC(=O)C1=C(c2ccccc2)NC(SCC(=O)Nc2cccc(OC)c2)=C(C#N)[C@@H]1c1ccccc1Cl. The molecule has 3 aromatic carbocycles. The Hall–Kier alpha value is -4.19. The van der Waals surface area contributed by atoms with E-state index in [2.05, 4.69) is 16.7 Å². The summed E-state index contributed by atoms with van der Waals surface area (Å²) >= 11 is 7.77. The van der Waals surface area contributed by atoms with Crippen molar-refractivity contribution in [2.24, 2.45) is 0 Å². The number of nitrogens with zero attached hydrogens (tertiary/aromatic N) is 1. The lowest BCUT2D eigenvalue weighted by molar-refractivity contribution is -0.138. The number of amides is 1. The van der Waals surface area contributed by atoms with Gasteiger partial charge in [-0.3, -0.25) is 4.79 Å². The average Bonchev–Trinajstić information content (AvgIpc) is 2.96. The van der Waals surface area contributed by atoms with E-state index in [1.807, 2.05) is 30.3 Å². The van der Waals surface area contributed by atoms with Crippen molar-refractivity contribution in [1.82, 2.24) is 5.32 Å². The van der Waals surface area contributed by atoms with Crippen molar-refractivity contribution in [1.29, 1.82) is 5.26 Å². The zero-order valence-electron chi connectivity index (χ0n) is 21.4. The third-order valence-electron chi connectivity index (χ3n) is 5.93. The van der Waals surface area contributed by atoms with Gasteiger partial charge in [-0.2, -0.15) is 5.26 Å². The van der Waals surface area contributed by atoms with Crippen LogP contribution in [0, 0.1) is 11.3 Å². The molecule has 0 fully saturated rings. The van der Waals surface area contributed by atoms with Crippen LogP contribution in [0.15, 0.2) is 95.0 Å². The Morgan fingerprint density at radius 2 is 1.82 bits per heavy atom. The number of carbonyl (C=O) groups is 2. The van der Waals surface area contributed by atoms with E-state index in [9.17, 15) is 14.9 Å². The molecule has 4 rings (SSSR count). The van der Waals surface area contributed by atoms with Crippen molar-refractivity contribution < 1.29 is 19.1 Å². The number of thioether (sulfide) groups is 1. The molecule has 39 heavy (non-hydrogen) atoms. The van der Waals surface area contributed by atoms with E-state index in [0.717, 1.165) is 5.56 Å². The molecular weight excluding hydrogens is 534 g/mol. The van der Waals surface area contributed by atoms with Crippen LogP contribution >= 0.6 is 23.4 Å². The molecule has 1 atom stereocenters. The molecule has 1 aliphatic rings. The van der Waals surface area contributed by atoms with E-state index >= 15 is 0 Å². The minimum atomic E-state index is -0.803. The van der Waals surface area contributed by atoms with Gasteiger partial charge >= 0.3 is 5.97 Å². The molecule has 198 valence electrons. The highest BCUT2D eigenvalue weighted by Crippen LogP contribution is 2.45. The Labute approximate surface area is 236 Å². The van der Waals surface area contributed by atoms with Gasteiger partial charge < -0.3 is 20.1 Å². The molecule has 0 saturated carbocycles. The van der Waals surface area contributed by atoms with Crippen LogP contribution in [0.3, 0.4) is 0 Å². The normalized spacial score (nSPS) is 14.8. The molecule has 0 aromatic heterocycles. The minimum Gasteiger partial charge on any atom is -0.497 e. The Balaban J connectivity index is 1.75. The first-order valence-corrected chi connectivity index (χ1v) is 13.5. The van der Waals surface area contributed by atoms with E-state index in [0.29, 0.717) is 32.7 Å². The summed E-state index contributed by atoms with van der Waals surface area (Å²) in [5, 5.41) is 17.3. The van der Waals surface area contributed by atoms with Crippen molar-refractivity contribution in [3.8, 4) is 11.8 Å². The maximum absolute atomic E-state index is 13.4. The van der Waals surface area contributed by atoms with Crippen LogP contribution in [0.1, 0.15) is 24.0 Å². The van der Waals surface area contributed by atoms with Crippen LogP contribution in [0.4, 0.5) is 5.69 Å². The number of carbonyl (C=O) groups excluding carboxylic acids is 2. The standard InChI is InChI=1S/C30H26ClN3O4S/c1-3-38-30(36)27-26(22-14-7-8-15-24(22)31)23(17-32)29(34-28(27)19-10-5-4-6-11-19)39-18-25(35)33-20-12-9-13-21(16-20)37-2/h4-16,26,34H,3,18H2,1-2H3,(H,33,35)/t26-/m0/s1. The minimum absolute atomic E-state index is 0.0107. The maximum Gasteiger partial charge on any atom is 0.337 e. The number of allylic oxidation sites excluding steroid dienone is 1. The van der Waals surface area contributed by atoms with Crippen molar-refractivity contribution in [2.45, 2.75) is 12.8 Å². The fourth-order valence-corrected chi connectivity index (χ4v) is 5.30. The van der Waals surface area contributed by atoms with E-state index < -0.39 is 11.9 Å². The highest BCUT2D eigenvalue weighted by atomic mass is 35.5. The Kier molecular flexibility index (Phi) is 9.31. The van der Waals surface area contributed by atoms with Crippen LogP contribution in [0.2, 0.25) is 5.02 Å². The van der Waals surface area contributed by atoms with Gasteiger partial charge in [0.15, 0.2) is 0 Å². The number of halogens is 1. The molecule has 1 heterocycles. The van der Waals surface area contributed by atoms with Crippen LogP contribution < -0.4 is 15.4 Å². The van der Waals surface area contributed by atoms with Crippen molar-refractivity contribution in [3.63, 3.8) is 0 Å². The molecule has 7 nitrogen and oxygen atoms in total. The van der Waals surface area contributed by atoms with Crippen LogP contribution in [0.25, 0.3) is 5.70 Å². The van der Waals surface area contributed by atoms with Crippen molar-refractivity contribution in [3.05, 3.63) is 111 Å². The molecule has 2 N–H and O–H groups in total. The third kappa shape index (κ3) is 6.45. The first kappa shape index (κ1) is 27.8. The van der Waals surface area contributed by atoms with Crippen molar-refractivity contribution >= 4 is 46.6 Å². The Morgan fingerprint density at radius 3 is 2.51 bits per heavy atom. The van der Waals surface area contributed by atoms with Gasteiger partial charge in [-0.1, -0.05) is 78.0 Å². The lowest BCUT2D eigenvalue weighted by Gasteiger charge is -2.31. The zero-order chi connectivity index (χ0) is 27.8. The molecule has 1 amide bonds. The molecule has 0 bridgehead atoms. The number of nitriles is 1. The first-order valence-electron chi connectivity index (χ1n) is 12.2. The number of anilines is 1. The molecule has 0 spiro atoms. The number of hydrogen-bond donors (Lipinski definition) is 2. The third-order valence-corrected chi connectivity index (χ3v) is 7.29. The average molecular weight is 560 g/mol. The Morgan fingerprint density at radius 1 is 1.08 bits per heavy atom. The first-order chi connectivity index (χ1) is 19.0. The number of ether oxygens (including phenoxy) is 2. The summed E-state index contributed by atoms with van der Waals surface area (Å²) in [7, 11) is 1.55. The largest absolute Gasteiger partial charge is 0.497 e. The molecule has 0 radical (unpaired) electrons. The zero-order valence-corrected chi connectivity index (χ0v) is 22.9. The van der Waals surface area contributed by atoms with Gasteiger partial charge in [0.2, 0.25) is 5.91 Å². The highest BCUT2D eigenvalue weighted by molar-refractivity contribution is 8.03. The van der Waals surface area contributed by atoms with Gasteiger partial charge in [-0.15, -0.1) is 0 Å². The van der Waals surface area contributed by atoms with Gasteiger partial charge in [0.1, 0.15) is 5.75 Å². The summed E-state index contributed by atoms with van der Waals surface area (Å²) in [4.78, 5) is 26.2. The second-order valence-electron chi connectivity index (χ2n) is 8.38. The number of dihydropyridines is 1. The smallest absolute Gasteiger partial charge is 0.337 e. The molecule has 0 aliphatic carbocycles. The molecule has 0 saturated heterocycles. The summed E-state index contributed by atoms with van der Waals surface area (Å²) in [5.41, 5.74) is 2.95. The Bertz CT molecular complexity index is 1480. The quantitative estimate of drug-likeness (QED) is 0.305. The van der Waals surface area contributed by atoms with Gasteiger partial charge in [-0.05, 0) is 36.2 Å². The number of methoxy groups -OCH3 is 1. The van der Waals surface area contributed by atoms with Gasteiger partial charge in [0, 0.05) is 16.8 Å². The van der Waals surface area contributed by atoms with E-state index in [1.165, 1.54) is 11.8 Å². The summed E-state index contributed by atoms with van der Waals surface area (Å²) in [6.45, 7) is 1.89. The number of esters is 1. The van der Waals surface area contributed by atoms with Gasteiger partial charge in [-0.25, -0.2) is 4.79 Å². The van der Waals surface area contributed by atoms with E-state index in [-0.39, 0.29) is 29.4 Å². The summed E-state index contributed by atoms with van der Waals surface area (Å²) in [6.07, 6.45) is 0. The van der Waals surface area contributed by atoms with Gasteiger partial charge in [0.25, 0.3) is 0 Å². The lowest BCUT2D eigenvalue weighted by atomic mass is 9.81. The molecule has 9 heteroatoms. The number of rotatable bonds is 9. The molecule has 0 unspecified atom stereocenters. The summed E-state index contributed by atoms with van der Waals surface area (Å²) in [5.74, 6) is -0.993. The number of benzene rings is 3. The van der Waals surface area contributed by atoms with E-state index in [1.54, 1.807) is 62.6 Å². The van der Waals surface area contributed by atoms with Crippen LogP contribution in [-0.2, 0) is 14.3 Å². The van der Waals surface area contributed by atoms with Gasteiger partial charge in [0.05, 0.1) is 53.3 Å². The molecule has 3 aromatic rings. The summed E-state index contributed by atoms with van der Waals surface area (Å²) in [6, 6.07) is 25.7. The molecule has 1 aliphatic heterocycles. The number of hydrogen-bond acceptors (Lipinski definition) is 7. The topological polar surface area (TPSA) is 100 Å². The predicted molar refractivity (Wildman–Crippen MR) is 154 cm³/mol. The fraction of sp³-hybridized carbons (Fsp3) is 0.167. The second kappa shape index (κ2) is 13.1.